The van der Waals surface area contributed by atoms with E-state index in [0.29, 0.717) is 19.1 Å². The first-order chi connectivity index (χ1) is 6.90. The summed E-state index contributed by atoms with van der Waals surface area (Å²) in [6, 6.07) is 5.66. The second-order valence-electron chi connectivity index (χ2n) is 2.81. The second kappa shape index (κ2) is 4.26. The van der Waals surface area contributed by atoms with Crippen molar-refractivity contribution in [2.75, 3.05) is 12.7 Å². The lowest BCUT2D eigenvalue weighted by molar-refractivity contribution is 0.174. The van der Waals surface area contributed by atoms with Crippen LogP contribution in [0.15, 0.2) is 18.2 Å². The van der Waals surface area contributed by atoms with Gasteiger partial charge in [-0.3, -0.25) is 0 Å². The summed E-state index contributed by atoms with van der Waals surface area (Å²) in [6.45, 7) is 0.299. The lowest BCUT2D eigenvalue weighted by Gasteiger charge is -1.95. The van der Waals surface area contributed by atoms with Crippen molar-refractivity contribution in [1.82, 2.24) is 0 Å². The topological polar surface area (TPSA) is 18.5 Å². The lowest BCUT2D eigenvalue weighted by Crippen LogP contribution is -1.92. The molecule has 1 aromatic rings. The average Bonchev–Trinajstić information content (AvgIpc) is 2.65. The van der Waals surface area contributed by atoms with E-state index in [1.165, 1.54) is 0 Å². The highest BCUT2D eigenvalue weighted by atomic mass is 35.5. The maximum absolute atomic E-state index is 5.51. The van der Waals surface area contributed by atoms with Gasteiger partial charge in [-0.15, -0.1) is 11.6 Å². The van der Waals surface area contributed by atoms with Gasteiger partial charge in [-0.05, 0) is 18.2 Å². The summed E-state index contributed by atoms with van der Waals surface area (Å²) < 4.78 is 10.4. The van der Waals surface area contributed by atoms with E-state index in [9.17, 15) is 0 Å². The van der Waals surface area contributed by atoms with E-state index in [1.807, 2.05) is 18.2 Å². The van der Waals surface area contributed by atoms with Gasteiger partial charge in [-0.25, -0.2) is 0 Å². The molecule has 0 unspecified atom stereocenters. The molecule has 14 heavy (non-hydrogen) atoms. The molecule has 0 aromatic heterocycles. The minimum Gasteiger partial charge on any atom is -0.454 e. The van der Waals surface area contributed by atoms with Gasteiger partial charge < -0.3 is 9.47 Å². The standard InChI is InChI=1S/C11H9ClO2/c12-6-2-1-3-9-4-5-10-11(7-9)14-8-13-10/h4-5,7H,2,6,8H2. The van der Waals surface area contributed by atoms with Gasteiger partial charge in [-0.1, -0.05) is 11.8 Å². The molecule has 1 aliphatic heterocycles. The van der Waals surface area contributed by atoms with E-state index in [1.54, 1.807) is 0 Å². The highest BCUT2D eigenvalue weighted by Gasteiger charge is 2.12. The highest BCUT2D eigenvalue weighted by Crippen LogP contribution is 2.32. The maximum atomic E-state index is 5.51. The van der Waals surface area contributed by atoms with Crippen LogP contribution in [0, 0.1) is 11.8 Å². The van der Waals surface area contributed by atoms with E-state index < -0.39 is 0 Å². The number of fused-ring (bicyclic) bond motifs is 1. The molecule has 1 aromatic carbocycles. The van der Waals surface area contributed by atoms with Crippen LogP contribution in [-0.4, -0.2) is 12.7 Å². The van der Waals surface area contributed by atoms with Crippen molar-refractivity contribution in [2.24, 2.45) is 0 Å². The molecule has 2 rings (SSSR count). The zero-order chi connectivity index (χ0) is 9.80. The molecule has 0 bridgehead atoms. The Morgan fingerprint density at radius 2 is 2.14 bits per heavy atom. The largest absolute Gasteiger partial charge is 0.454 e. The summed E-state index contributed by atoms with van der Waals surface area (Å²) in [7, 11) is 0. The molecule has 2 nitrogen and oxygen atoms in total. The fourth-order valence-electron chi connectivity index (χ4n) is 1.19. The summed E-state index contributed by atoms with van der Waals surface area (Å²) in [6.07, 6.45) is 0.704. The van der Waals surface area contributed by atoms with E-state index in [0.717, 1.165) is 17.1 Å². The van der Waals surface area contributed by atoms with Crippen molar-refractivity contribution in [2.45, 2.75) is 6.42 Å². The molecule has 1 aliphatic rings. The van der Waals surface area contributed by atoms with Crippen LogP contribution in [0.25, 0.3) is 0 Å². The Labute approximate surface area is 87.8 Å². The van der Waals surface area contributed by atoms with Gasteiger partial charge in [0.25, 0.3) is 0 Å². The van der Waals surface area contributed by atoms with Crippen LogP contribution in [0.1, 0.15) is 12.0 Å². The number of hydrogen-bond acceptors (Lipinski definition) is 2. The molecule has 0 amide bonds. The van der Waals surface area contributed by atoms with Gasteiger partial charge in [0.05, 0.1) is 0 Å². The van der Waals surface area contributed by atoms with Crippen LogP contribution >= 0.6 is 11.6 Å². The third-order valence-corrected chi connectivity index (χ3v) is 2.01. The summed E-state index contributed by atoms with van der Waals surface area (Å²) in [5, 5.41) is 0. The van der Waals surface area contributed by atoms with Crippen molar-refractivity contribution in [1.29, 1.82) is 0 Å². The SMILES string of the molecule is ClCCC#Cc1ccc2c(c1)OCO2. The Balaban J connectivity index is 2.18. The molecular weight excluding hydrogens is 200 g/mol. The predicted molar refractivity (Wildman–Crippen MR) is 54.8 cm³/mol. The van der Waals surface area contributed by atoms with Gasteiger partial charge in [0.1, 0.15) is 0 Å². The van der Waals surface area contributed by atoms with E-state index >= 15 is 0 Å². The molecule has 0 N–H and O–H groups in total. The average molecular weight is 209 g/mol. The molecular formula is C11H9ClO2. The van der Waals surface area contributed by atoms with Crippen molar-refractivity contribution in [3.05, 3.63) is 23.8 Å². The predicted octanol–water partition coefficient (Wildman–Crippen LogP) is 2.40. The van der Waals surface area contributed by atoms with Crippen LogP contribution in [0.5, 0.6) is 11.5 Å². The number of alkyl halides is 1. The van der Waals surface area contributed by atoms with Crippen molar-refractivity contribution < 1.29 is 9.47 Å². The second-order valence-corrected chi connectivity index (χ2v) is 3.19. The zero-order valence-electron chi connectivity index (χ0n) is 7.55. The quantitative estimate of drug-likeness (QED) is 0.521. The summed E-state index contributed by atoms with van der Waals surface area (Å²) in [5.74, 6) is 8.09. The molecule has 0 spiro atoms. The first-order valence-corrected chi connectivity index (χ1v) is 4.88. The number of benzene rings is 1. The third-order valence-electron chi connectivity index (χ3n) is 1.82. The van der Waals surface area contributed by atoms with E-state index in [-0.39, 0.29) is 0 Å². The van der Waals surface area contributed by atoms with Crippen molar-refractivity contribution in [3.63, 3.8) is 0 Å². The Morgan fingerprint density at radius 3 is 3.00 bits per heavy atom. The molecule has 0 atom stereocenters. The van der Waals surface area contributed by atoms with Crippen LogP contribution in [0.3, 0.4) is 0 Å². The van der Waals surface area contributed by atoms with Crippen LogP contribution in [0.2, 0.25) is 0 Å². The summed E-state index contributed by atoms with van der Waals surface area (Å²) in [5.41, 5.74) is 0.930. The van der Waals surface area contributed by atoms with Crippen LogP contribution < -0.4 is 9.47 Å². The maximum Gasteiger partial charge on any atom is 0.231 e. The van der Waals surface area contributed by atoms with Gasteiger partial charge >= 0.3 is 0 Å². The van der Waals surface area contributed by atoms with E-state index in [2.05, 4.69) is 11.8 Å². The highest BCUT2D eigenvalue weighted by molar-refractivity contribution is 6.18. The zero-order valence-corrected chi connectivity index (χ0v) is 8.30. The Bertz CT molecular complexity index is 390. The van der Waals surface area contributed by atoms with Crippen LogP contribution in [0.4, 0.5) is 0 Å². The Morgan fingerprint density at radius 1 is 1.29 bits per heavy atom. The monoisotopic (exact) mass is 208 g/mol. The number of ether oxygens (including phenoxy) is 2. The third kappa shape index (κ3) is 1.94. The van der Waals surface area contributed by atoms with Gasteiger partial charge in [0.15, 0.2) is 11.5 Å². The summed E-state index contributed by atoms with van der Waals surface area (Å²) >= 11 is 5.51. The lowest BCUT2D eigenvalue weighted by atomic mass is 10.2. The summed E-state index contributed by atoms with van der Waals surface area (Å²) in [4.78, 5) is 0. The minimum absolute atomic E-state index is 0.299. The van der Waals surface area contributed by atoms with Crippen molar-refractivity contribution >= 4 is 11.6 Å². The molecule has 0 aliphatic carbocycles. The molecule has 0 saturated heterocycles. The molecule has 0 saturated carbocycles. The fraction of sp³-hybridized carbons (Fsp3) is 0.273. The first-order valence-electron chi connectivity index (χ1n) is 4.34. The van der Waals surface area contributed by atoms with Crippen LogP contribution in [-0.2, 0) is 0 Å². The molecule has 72 valence electrons. The molecule has 0 fully saturated rings. The first kappa shape index (κ1) is 9.23. The number of hydrogen-bond donors (Lipinski definition) is 0. The molecule has 0 radical (unpaired) electrons. The van der Waals surface area contributed by atoms with Gasteiger partial charge in [0, 0.05) is 17.9 Å². The van der Waals surface area contributed by atoms with Gasteiger partial charge in [0.2, 0.25) is 6.79 Å². The smallest absolute Gasteiger partial charge is 0.231 e. The van der Waals surface area contributed by atoms with E-state index in [4.69, 9.17) is 21.1 Å². The minimum atomic E-state index is 0.299. The Hall–Kier alpha value is -1.33. The molecule has 1 heterocycles. The van der Waals surface area contributed by atoms with Gasteiger partial charge in [-0.2, -0.15) is 0 Å². The normalized spacial score (nSPS) is 12.1. The van der Waals surface area contributed by atoms with Crippen molar-refractivity contribution in [3.8, 4) is 23.3 Å². The fourth-order valence-corrected chi connectivity index (χ4v) is 1.28. The Kier molecular flexibility index (Phi) is 2.81. The number of halogens is 1. The number of rotatable bonds is 1. The molecule has 3 heteroatoms.